The predicted molar refractivity (Wildman–Crippen MR) is 114 cm³/mol. The second-order valence-electron chi connectivity index (χ2n) is 6.68. The monoisotopic (exact) mass is 434 g/mol. The highest BCUT2D eigenvalue weighted by Crippen LogP contribution is 2.26. The minimum atomic E-state index is -3.76. The van der Waals surface area contributed by atoms with Crippen molar-refractivity contribution >= 4 is 38.9 Å². The second-order valence-corrected chi connectivity index (χ2v) is 8.65. The molecule has 0 saturated heterocycles. The number of ether oxygens (including phenoxy) is 1. The quantitative estimate of drug-likeness (QED) is 0.416. The molecule has 1 aliphatic carbocycles. The fourth-order valence-electron chi connectivity index (χ4n) is 2.99. The van der Waals surface area contributed by atoms with Gasteiger partial charge in [-0.15, -0.1) is 0 Å². The lowest BCUT2D eigenvalue weighted by Crippen LogP contribution is -2.48. The number of benzene rings is 2. The molecule has 1 amide bonds. The van der Waals surface area contributed by atoms with Gasteiger partial charge in [0.15, 0.2) is 11.2 Å². The second kappa shape index (κ2) is 8.76. The number of hydrogen-bond acceptors (Lipinski definition) is 5. The number of carbonyl (C=O) groups is 1. The van der Waals surface area contributed by atoms with Crippen LogP contribution in [0, 0.1) is 0 Å². The van der Waals surface area contributed by atoms with Gasteiger partial charge in [0.2, 0.25) is 10.0 Å². The maximum Gasteiger partial charge on any atom is 0.279 e. The Bertz CT molecular complexity index is 1020. The maximum absolute atomic E-state index is 12.2. The van der Waals surface area contributed by atoms with E-state index < -0.39 is 16.1 Å². The van der Waals surface area contributed by atoms with Crippen LogP contribution < -0.4 is 26.0 Å². The number of rotatable bonds is 5. The zero-order valence-corrected chi connectivity index (χ0v) is 17.4. The maximum atomic E-state index is 12.2. The Morgan fingerprint density at radius 3 is 2.48 bits per heavy atom. The standard InChI is InChI=1S/C19H22N4O4S2/c1-12(27-16-8-5-13-3-2-4-14(13)11-16)18(24)22-23-19(28)21-15-6-9-17(10-7-15)29(20,25)26/h5-12H,2-4H2,1H3,(H,22,24)(H2,20,25,26)(H2,21,23,28)/t12-/m1/s1. The molecule has 8 nitrogen and oxygen atoms in total. The summed E-state index contributed by atoms with van der Waals surface area (Å²) in [6, 6.07) is 11.6. The topological polar surface area (TPSA) is 123 Å². The number of carbonyl (C=O) groups excluding carboxylic acids is 1. The molecule has 0 saturated carbocycles. The van der Waals surface area contributed by atoms with Gasteiger partial charge in [0, 0.05) is 5.69 Å². The molecule has 3 rings (SSSR count). The average molecular weight is 435 g/mol. The lowest BCUT2D eigenvalue weighted by Gasteiger charge is -2.17. The smallest absolute Gasteiger partial charge is 0.279 e. The van der Waals surface area contributed by atoms with Crippen LogP contribution in [0.15, 0.2) is 47.4 Å². The fraction of sp³-hybridized carbons (Fsp3) is 0.263. The van der Waals surface area contributed by atoms with Crippen LogP contribution in [0.4, 0.5) is 5.69 Å². The Kier molecular flexibility index (Phi) is 6.36. The van der Waals surface area contributed by atoms with E-state index in [1.165, 1.54) is 35.4 Å². The van der Waals surface area contributed by atoms with Crippen molar-refractivity contribution in [3.8, 4) is 5.75 Å². The van der Waals surface area contributed by atoms with Crippen molar-refractivity contribution in [2.45, 2.75) is 37.2 Å². The molecule has 2 aromatic carbocycles. The summed E-state index contributed by atoms with van der Waals surface area (Å²) < 4.78 is 28.2. The number of fused-ring (bicyclic) bond motifs is 1. The third-order valence-electron chi connectivity index (χ3n) is 4.49. The van der Waals surface area contributed by atoms with Crippen LogP contribution in [0.3, 0.4) is 0 Å². The number of nitrogens with one attached hydrogen (secondary N) is 3. The Morgan fingerprint density at radius 1 is 1.10 bits per heavy atom. The summed E-state index contributed by atoms with van der Waals surface area (Å²) in [5, 5.41) is 8.01. The van der Waals surface area contributed by atoms with Crippen LogP contribution in [0.2, 0.25) is 0 Å². The van der Waals surface area contributed by atoms with Gasteiger partial charge in [0.25, 0.3) is 5.91 Å². The Balaban J connectivity index is 1.47. The predicted octanol–water partition coefficient (Wildman–Crippen LogP) is 1.61. The van der Waals surface area contributed by atoms with Crippen LogP contribution in [0.5, 0.6) is 5.75 Å². The van der Waals surface area contributed by atoms with Crippen LogP contribution in [-0.4, -0.2) is 25.5 Å². The van der Waals surface area contributed by atoms with E-state index in [9.17, 15) is 13.2 Å². The molecule has 2 aromatic rings. The van der Waals surface area contributed by atoms with E-state index in [1.807, 2.05) is 18.2 Å². The summed E-state index contributed by atoms with van der Waals surface area (Å²) in [7, 11) is -3.76. The number of thiocarbonyl (C=S) groups is 1. The van der Waals surface area contributed by atoms with Gasteiger partial charge in [0.05, 0.1) is 4.90 Å². The first-order valence-corrected chi connectivity index (χ1v) is 11.0. The molecule has 29 heavy (non-hydrogen) atoms. The first-order valence-electron chi connectivity index (χ1n) is 9.00. The molecule has 0 fully saturated rings. The molecule has 5 N–H and O–H groups in total. The highest BCUT2D eigenvalue weighted by atomic mass is 32.2. The van der Waals surface area contributed by atoms with Crippen molar-refractivity contribution in [1.29, 1.82) is 0 Å². The summed E-state index contributed by atoms with van der Waals surface area (Å²) in [4.78, 5) is 12.2. The third kappa shape index (κ3) is 5.66. The number of amides is 1. The van der Waals surface area contributed by atoms with Gasteiger partial charge in [-0.1, -0.05) is 6.07 Å². The van der Waals surface area contributed by atoms with E-state index in [0.717, 1.165) is 19.3 Å². The van der Waals surface area contributed by atoms with Gasteiger partial charge in [-0.25, -0.2) is 13.6 Å². The average Bonchev–Trinajstić information content (AvgIpc) is 3.13. The van der Waals surface area contributed by atoms with Gasteiger partial charge in [0.1, 0.15) is 5.75 Å². The summed E-state index contributed by atoms with van der Waals surface area (Å²) in [5.74, 6) is 0.267. The molecule has 0 unspecified atom stereocenters. The molecule has 0 radical (unpaired) electrons. The van der Waals surface area contributed by atoms with E-state index in [0.29, 0.717) is 11.4 Å². The molecular weight excluding hydrogens is 412 g/mol. The number of hydrogen-bond donors (Lipinski definition) is 4. The summed E-state index contributed by atoms with van der Waals surface area (Å²) >= 11 is 5.11. The normalized spacial score (nSPS) is 13.9. The van der Waals surface area contributed by atoms with Gasteiger partial charge >= 0.3 is 0 Å². The van der Waals surface area contributed by atoms with Gasteiger partial charge < -0.3 is 10.1 Å². The third-order valence-corrected chi connectivity index (χ3v) is 5.63. The fourth-order valence-corrected chi connectivity index (χ4v) is 3.67. The van der Waals surface area contributed by atoms with Crippen LogP contribution in [0.25, 0.3) is 0 Å². The highest BCUT2D eigenvalue weighted by Gasteiger charge is 2.17. The molecule has 0 aliphatic heterocycles. The molecule has 10 heteroatoms. The van der Waals surface area contributed by atoms with E-state index in [-0.39, 0.29) is 15.9 Å². The van der Waals surface area contributed by atoms with E-state index in [1.54, 1.807) is 6.92 Å². The van der Waals surface area contributed by atoms with E-state index in [2.05, 4.69) is 16.2 Å². The van der Waals surface area contributed by atoms with Crippen molar-refractivity contribution in [2.75, 3.05) is 5.32 Å². The van der Waals surface area contributed by atoms with Gasteiger partial charge in [-0.3, -0.25) is 15.6 Å². The summed E-state index contributed by atoms with van der Waals surface area (Å²) in [6.07, 6.45) is 2.55. The number of primary sulfonamides is 1. The lowest BCUT2D eigenvalue weighted by molar-refractivity contribution is -0.127. The Morgan fingerprint density at radius 2 is 1.79 bits per heavy atom. The Labute approximate surface area is 174 Å². The van der Waals surface area contributed by atoms with Crippen LogP contribution in [0.1, 0.15) is 24.5 Å². The van der Waals surface area contributed by atoms with E-state index in [4.69, 9.17) is 22.1 Å². The zero-order chi connectivity index (χ0) is 21.0. The van der Waals surface area contributed by atoms with Crippen molar-refractivity contribution in [3.63, 3.8) is 0 Å². The Hall–Kier alpha value is -2.69. The molecule has 1 atom stereocenters. The van der Waals surface area contributed by atoms with Gasteiger partial charge in [-0.05, 0) is 85.9 Å². The molecule has 0 aromatic heterocycles. The molecule has 1 aliphatic rings. The minimum Gasteiger partial charge on any atom is -0.481 e. The lowest BCUT2D eigenvalue weighted by atomic mass is 10.1. The molecule has 0 bridgehead atoms. The van der Waals surface area contributed by atoms with Crippen LogP contribution in [-0.2, 0) is 27.7 Å². The number of aryl methyl sites for hydroxylation is 2. The molecule has 154 valence electrons. The number of anilines is 1. The van der Waals surface area contributed by atoms with Crippen LogP contribution >= 0.6 is 12.2 Å². The van der Waals surface area contributed by atoms with Gasteiger partial charge in [-0.2, -0.15) is 0 Å². The van der Waals surface area contributed by atoms with Crippen molar-refractivity contribution in [3.05, 3.63) is 53.6 Å². The minimum absolute atomic E-state index is 0.00670. The largest absolute Gasteiger partial charge is 0.481 e. The molecule has 0 spiro atoms. The molecular formula is C19H22N4O4S2. The summed E-state index contributed by atoms with van der Waals surface area (Å²) in [5.41, 5.74) is 8.20. The van der Waals surface area contributed by atoms with E-state index >= 15 is 0 Å². The summed E-state index contributed by atoms with van der Waals surface area (Å²) in [6.45, 7) is 1.65. The number of hydrazine groups is 1. The highest BCUT2D eigenvalue weighted by molar-refractivity contribution is 7.89. The van der Waals surface area contributed by atoms with Crippen molar-refractivity contribution < 1.29 is 17.9 Å². The number of nitrogens with two attached hydrogens (primary N) is 1. The SMILES string of the molecule is C[C@@H](Oc1ccc2c(c1)CCC2)C(=O)NNC(=S)Nc1ccc(S(N)(=O)=O)cc1. The first kappa shape index (κ1) is 21.0. The first-order chi connectivity index (χ1) is 13.7. The van der Waals surface area contributed by atoms with Crippen molar-refractivity contribution in [1.82, 2.24) is 10.9 Å². The zero-order valence-electron chi connectivity index (χ0n) is 15.8. The molecule has 0 heterocycles. The number of sulfonamides is 1. The van der Waals surface area contributed by atoms with Crippen molar-refractivity contribution in [2.24, 2.45) is 5.14 Å².